The molecule has 2 aliphatic heterocycles. The van der Waals surface area contributed by atoms with E-state index in [9.17, 15) is 14.4 Å². The minimum Gasteiger partial charge on any atom is -0.342 e. The third kappa shape index (κ3) is 4.62. The lowest BCUT2D eigenvalue weighted by Crippen LogP contribution is -2.54. The summed E-state index contributed by atoms with van der Waals surface area (Å²) in [6.45, 7) is 4.87. The van der Waals surface area contributed by atoms with E-state index in [1.165, 1.54) is 0 Å². The van der Waals surface area contributed by atoms with Crippen molar-refractivity contribution in [1.82, 2.24) is 15.1 Å². The van der Waals surface area contributed by atoms with Gasteiger partial charge in [0.1, 0.15) is 6.04 Å². The molecule has 156 valence electrons. The van der Waals surface area contributed by atoms with Gasteiger partial charge in [0.05, 0.1) is 0 Å². The number of benzene rings is 1. The second-order valence-electron chi connectivity index (χ2n) is 8.79. The van der Waals surface area contributed by atoms with E-state index in [2.05, 4.69) is 5.32 Å². The van der Waals surface area contributed by atoms with Crippen molar-refractivity contribution in [2.75, 3.05) is 26.2 Å². The highest BCUT2D eigenvalue weighted by Gasteiger charge is 2.39. The molecule has 1 N–H and O–H groups in total. The minimum absolute atomic E-state index is 0.0375. The lowest BCUT2D eigenvalue weighted by molar-refractivity contribution is -0.136. The summed E-state index contributed by atoms with van der Waals surface area (Å²) in [4.78, 5) is 42.3. The first kappa shape index (κ1) is 19.9. The van der Waals surface area contributed by atoms with Crippen LogP contribution in [0.1, 0.15) is 54.4 Å². The Hall–Kier alpha value is -2.37. The van der Waals surface area contributed by atoms with Gasteiger partial charge in [-0.15, -0.1) is 0 Å². The Balaban J connectivity index is 1.45. The van der Waals surface area contributed by atoms with E-state index >= 15 is 0 Å². The third-order valence-electron chi connectivity index (χ3n) is 6.50. The quantitative estimate of drug-likeness (QED) is 0.829. The van der Waals surface area contributed by atoms with Gasteiger partial charge in [0.15, 0.2) is 0 Å². The van der Waals surface area contributed by atoms with Crippen LogP contribution in [0.2, 0.25) is 0 Å². The summed E-state index contributed by atoms with van der Waals surface area (Å²) in [6, 6.07) is 6.94. The fourth-order valence-electron chi connectivity index (χ4n) is 4.57. The fraction of sp³-hybridized carbons (Fsp3) is 0.609. The Bertz CT molecular complexity index is 775. The molecule has 4 rings (SSSR count). The van der Waals surface area contributed by atoms with Crippen molar-refractivity contribution in [3.05, 3.63) is 35.4 Å². The molecule has 2 saturated heterocycles. The molecule has 6 nitrogen and oxygen atoms in total. The molecular formula is C23H31N3O3. The van der Waals surface area contributed by atoms with Crippen molar-refractivity contribution in [3.8, 4) is 0 Å². The van der Waals surface area contributed by atoms with Crippen molar-refractivity contribution in [2.45, 2.75) is 51.5 Å². The largest absolute Gasteiger partial charge is 0.342 e. The number of carbonyl (C=O) groups excluding carboxylic acids is 3. The van der Waals surface area contributed by atoms with Crippen molar-refractivity contribution in [3.63, 3.8) is 0 Å². The number of nitrogens with one attached hydrogen (secondary N) is 1. The maximum atomic E-state index is 13.2. The molecule has 3 aliphatic rings. The van der Waals surface area contributed by atoms with E-state index in [0.717, 1.165) is 57.2 Å². The molecule has 1 aliphatic carbocycles. The van der Waals surface area contributed by atoms with E-state index in [1.54, 1.807) is 6.07 Å². The van der Waals surface area contributed by atoms with E-state index in [1.807, 2.05) is 34.9 Å². The molecule has 3 fully saturated rings. The number of aryl methyl sites for hydroxylation is 1. The summed E-state index contributed by atoms with van der Waals surface area (Å²) in [7, 11) is 0. The normalized spacial score (nSPS) is 21.1. The zero-order valence-electron chi connectivity index (χ0n) is 17.2. The van der Waals surface area contributed by atoms with E-state index in [4.69, 9.17) is 0 Å². The predicted molar refractivity (Wildman–Crippen MR) is 110 cm³/mol. The fourth-order valence-corrected chi connectivity index (χ4v) is 4.57. The zero-order valence-corrected chi connectivity index (χ0v) is 17.2. The molecule has 0 unspecified atom stereocenters. The number of hydrogen-bond acceptors (Lipinski definition) is 3. The summed E-state index contributed by atoms with van der Waals surface area (Å²) in [5.41, 5.74) is 1.61. The van der Waals surface area contributed by atoms with Crippen LogP contribution in [0.5, 0.6) is 0 Å². The Morgan fingerprint density at radius 2 is 1.66 bits per heavy atom. The Morgan fingerprint density at radius 3 is 2.28 bits per heavy atom. The summed E-state index contributed by atoms with van der Waals surface area (Å²) in [5.74, 6) is 0.419. The van der Waals surface area contributed by atoms with E-state index < -0.39 is 6.04 Å². The van der Waals surface area contributed by atoms with Gasteiger partial charge in [0.2, 0.25) is 11.8 Å². The number of hydrogen-bond donors (Lipinski definition) is 1. The van der Waals surface area contributed by atoms with Gasteiger partial charge in [0.25, 0.3) is 5.91 Å². The third-order valence-corrected chi connectivity index (χ3v) is 6.50. The molecule has 0 bridgehead atoms. The molecule has 1 atom stereocenters. The minimum atomic E-state index is -0.515. The summed E-state index contributed by atoms with van der Waals surface area (Å²) >= 11 is 0. The molecule has 1 aromatic carbocycles. The average molecular weight is 398 g/mol. The van der Waals surface area contributed by atoms with E-state index in [0.29, 0.717) is 18.7 Å². The molecule has 1 saturated carbocycles. The van der Waals surface area contributed by atoms with Crippen molar-refractivity contribution < 1.29 is 14.4 Å². The SMILES string of the molecule is Cc1cccc(C(=O)N[C@H](C(=O)N2CCCC2)C2CCN(C(=O)C3CC3)CC2)c1. The van der Waals surface area contributed by atoms with Crippen molar-refractivity contribution in [1.29, 1.82) is 0 Å². The first-order valence-corrected chi connectivity index (χ1v) is 11.0. The van der Waals surface area contributed by atoms with Crippen molar-refractivity contribution >= 4 is 17.7 Å². The molecule has 0 spiro atoms. The number of carbonyl (C=O) groups is 3. The first-order valence-electron chi connectivity index (χ1n) is 11.0. The average Bonchev–Trinajstić information content (AvgIpc) is 3.44. The van der Waals surface area contributed by atoms with Gasteiger partial charge in [-0.05, 0) is 63.5 Å². The van der Waals surface area contributed by atoms with Gasteiger partial charge in [-0.25, -0.2) is 0 Å². The van der Waals surface area contributed by atoms with Crippen LogP contribution in [0.15, 0.2) is 24.3 Å². The highest BCUT2D eigenvalue weighted by molar-refractivity contribution is 5.97. The number of nitrogens with zero attached hydrogens (tertiary/aromatic N) is 2. The number of rotatable bonds is 5. The Kier molecular flexibility index (Phi) is 5.88. The molecular weight excluding hydrogens is 366 g/mol. The van der Waals surface area contributed by atoms with Crippen LogP contribution in [-0.2, 0) is 9.59 Å². The Morgan fingerprint density at radius 1 is 0.966 bits per heavy atom. The predicted octanol–water partition coefficient (Wildman–Crippen LogP) is 2.36. The lowest BCUT2D eigenvalue weighted by Gasteiger charge is -2.37. The standard InChI is InChI=1S/C23H31N3O3/c1-16-5-4-6-19(15-16)21(27)24-20(23(29)25-11-2-3-12-25)17-9-13-26(14-10-17)22(28)18-7-8-18/h4-6,15,17-18,20H,2-3,7-14H2,1H3,(H,24,27)/t20-/m0/s1. The summed E-state index contributed by atoms with van der Waals surface area (Å²) < 4.78 is 0. The van der Waals surface area contributed by atoms with Crippen LogP contribution in [0.3, 0.4) is 0 Å². The summed E-state index contributed by atoms with van der Waals surface area (Å²) in [6.07, 6.45) is 5.60. The number of amides is 3. The topological polar surface area (TPSA) is 69.7 Å². The lowest BCUT2D eigenvalue weighted by atomic mass is 9.88. The molecule has 6 heteroatoms. The van der Waals surface area contributed by atoms with Crippen LogP contribution in [-0.4, -0.2) is 59.7 Å². The van der Waals surface area contributed by atoms with Crippen LogP contribution in [0.4, 0.5) is 0 Å². The molecule has 0 aromatic heterocycles. The smallest absolute Gasteiger partial charge is 0.251 e. The van der Waals surface area contributed by atoms with Crippen LogP contribution in [0.25, 0.3) is 0 Å². The highest BCUT2D eigenvalue weighted by Crippen LogP contribution is 2.33. The monoisotopic (exact) mass is 397 g/mol. The van der Waals surface area contributed by atoms with Crippen LogP contribution >= 0.6 is 0 Å². The Labute approximate surface area is 172 Å². The van der Waals surface area contributed by atoms with Gasteiger partial charge in [0, 0.05) is 37.7 Å². The zero-order chi connectivity index (χ0) is 20.4. The number of piperidine rings is 1. The van der Waals surface area contributed by atoms with Gasteiger partial charge in [-0.3, -0.25) is 14.4 Å². The van der Waals surface area contributed by atoms with Gasteiger partial charge in [-0.2, -0.15) is 0 Å². The second kappa shape index (κ2) is 8.56. The molecule has 3 amide bonds. The maximum absolute atomic E-state index is 13.2. The molecule has 29 heavy (non-hydrogen) atoms. The highest BCUT2D eigenvalue weighted by atomic mass is 16.2. The van der Waals surface area contributed by atoms with Crippen LogP contribution in [0, 0.1) is 18.8 Å². The molecule has 2 heterocycles. The van der Waals surface area contributed by atoms with Gasteiger partial charge in [-0.1, -0.05) is 17.7 Å². The van der Waals surface area contributed by atoms with Crippen LogP contribution < -0.4 is 5.32 Å². The molecule has 1 aromatic rings. The second-order valence-corrected chi connectivity index (χ2v) is 8.79. The first-order chi connectivity index (χ1) is 14.0. The van der Waals surface area contributed by atoms with Gasteiger partial charge < -0.3 is 15.1 Å². The molecule has 0 radical (unpaired) electrons. The van der Waals surface area contributed by atoms with Gasteiger partial charge >= 0.3 is 0 Å². The van der Waals surface area contributed by atoms with Crippen molar-refractivity contribution in [2.24, 2.45) is 11.8 Å². The maximum Gasteiger partial charge on any atom is 0.251 e. The summed E-state index contributed by atoms with van der Waals surface area (Å²) in [5, 5.41) is 3.05. The number of likely N-dealkylation sites (tertiary alicyclic amines) is 2. The van der Waals surface area contributed by atoms with E-state index in [-0.39, 0.29) is 29.6 Å².